The molecule has 0 saturated carbocycles. The molecule has 1 unspecified atom stereocenters. The lowest BCUT2D eigenvalue weighted by molar-refractivity contribution is -0.384. The van der Waals surface area contributed by atoms with Gasteiger partial charge in [0.25, 0.3) is 11.6 Å². The summed E-state index contributed by atoms with van der Waals surface area (Å²) in [6.45, 7) is 4.46. The Hall–Kier alpha value is -3.79. The van der Waals surface area contributed by atoms with Gasteiger partial charge in [-0.3, -0.25) is 29.5 Å². The van der Waals surface area contributed by atoms with Crippen molar-refractivity contribution in [1.29, 1.82) is 0 Å². The number of nitro groups is 1. The van der Waals surface area contributed by atoms with Gasteiger partial charge in [-0.15, -0.1) is 0 Å². The molecule has 0 spiro atoms. The van der Waals surface area contributed by atoms with Crippen LogP contribution in [0.4, 0.5) is 10.5 Å². The van der Waals surface area contributed by atoms with Gasteiger partial charge in [-0.05, 0) is 30.2 Å². The maximum atomic E-state index is 13.1. The first-order valence-electron chi connectivity index (χ1n) is 10.7. The van der Waals surface area contributed by atoms with Crippen LogP contribution in [0.2, 0.25) is 0 Å². The topological polar surface area (TPSA) is 116 Å². The molecule has 2 aliphatic heterocycles. The van der Waals surface area contributed by atoms with Crippen molar-refractivity contribution in [3.63, 3.8) is 0 Å². The number of nitro benzene ring substituents is 1. The predicted molar refractivity (Wildman–Crippen MR) is 119 cm³/mol. The predicted octanol–water partition coefficient (Wildman–Crippen LogP) is 1.71. The number of amides is 4. The van der Waals surface area contributed by atoms with Crippen molar-refractivity contribution in [1.82, 2.24) is 20.0 Å². The number of carbonyl (C=O) groups excluding carboxylic acids is 3. The van der Waals surface area contributed by atoms with Crippen LogP contribution in [-0.4, -0.2) is 70.2 Å². The van der Waals surface area contributed by atoms with E-state index in [4.69, 9.17) is 0 Å². The molecule has 2 aromatic rings. The fraction of sp³-hybridized carbons (Fsp3) is 0.348. The molecule has 0 radical (unpaired) electrons. The molecule has 0 aromatic heterocycles. The third-order valence-electron chi connectivity index (χ3n) is 6.20. The Balaban J connectivity index is 1.36. The Morgan fingerprint density at radius 1 is 1.03 bits per heavy atom. The number of piperazine rings is 1. The second-order valence-electron chi connectivity index (χ2n) is 8.39. The van der Waals surface area contributed by atoms with Crippen molar-refractivity contribution < 1.29 is 19.3 Å². The number of nitrogens with zero attached hydrogens (tertiary/aromatic N) is 4. The van der Waals surface area contributed by atoms with Crippen molar-refractivity contribution in [2.45, 2.75) is 19.0 Å². The zero-order valence-electron chi connectivity index (χ0n) is 18.3. The number of hydrogen-bond donors (Lipinski definition) is 1. The van der Waals surface area contributed by atoms with Gasteiger partial charge in [-0.1, -0.05) is 30.3 Å². The SMILES string of the molecule is CC1(c2ccc([N+](=O)[O-])cc2)NC(=O)N(CC(=O)N2CCN(Cc3ccccc3)CC2)C1=O. The molecule has 172 valence electrons. The summed E-state index contributed by atoms with van der Waals surface area (Å²) in [5.41, 5.74) is 0.122. The molecular weight excluding hydrogens is 426 g/mol. The minimum absolute atomic E-state index is 0.113. The molecule has 2 saturated heterocycles. The van der Waals surface area contributed by atoms with E-state index in [1.54, 1.807) is 4.90 Å². The molecule has 4 rings (SSSR count). The fourth-order valence-electron chi connectivity index (χ4n) is 4.18. The lowest BCUT2D eigenvalue weighted by Crippen LogP contribution is -2.51. The quantitative estimate of drug-likeness (QED) is 0.406. The summed E-state index contributed by atoms with van der Waals surface area (Å²) in [4.78, 5) is 53.6. The molecular formula is C23H25N5O5. The number of non-ortho nitro benzene ring substituents is 1. The summed E-state index contributed by atoms with van der Waals surface area (Å²) in [6.07, 6.45) is 0. The van der Waals surface area contributed by atoms with Crippen LogP contribution in [-0.2, 0) is 21.7 Å². The van der Waals surface area contributed by atoms with Crippen LogP contribution in [0.1, 0.15) is 18.1 Å². The largest absolute Gasteiger partial charge is 0.339 e. The maximum absolute atomic E-state index is 13.1. The average molecular weight is 451 g/mol. The molecule has 4 amide bonds. The molecule has 2 fully saturated rings. The number of nitrogens with one attached hydrogen (secondary N) is 1. The summed E-state index contributed by atoms with van der Waals surface area (Å²) in [5, 5.41) is 13.5. The highest BCUT2D eigenvalue weighted by Crippen LogP contribution is 2.30. The zero-order chi connectivity index (χ0) is 23.6. The summed E-state index contributed by atoms with van der Waals surface area (Å²) >= 11 is 0. The van der Waals surface area contributed by atoms with E-state index in [0.29, 0.717) is 31.7 Å². The van der Waals surface area contributed by atoms with Gasteiger partial charge in [0, 0.05) is 44.9 Å². The first-order valence-corrected chi connectivity index (χ1v) is 10.7. The monoisotopic (exact) mass is 451 g/mol. The summed E-state index contributed by atoms with van der Waals surface area (Å²) in [5.74, 6) is -0.844. The highest BCUT2D eigenvalue weighted by atomic mass is 16.6. The van der Waals surface area contributed by atoms with Crippen LogP contribution in [0.5, 0.6) is 0 Å². The van der Waals surface area contributed by atoms with E-state index in [2.05, 4.69) is 22.3 Å². The number of carbonyl (C=O) groups is 3. The summed E-state index contributed by atoms with van der Waals surface area (Å²) in [6, 6.07) is 14.9. The normalized spacial score (nSPS) is 21.2. The van der Waals surface area contributed by atoms with Crippen molar-refractivity contribution in [3.05, 3.63) is 75.8 Å². The molecule has 0 bridgehead atoms. The van der Waals surface area contributed by atoms with Gasteiger partial charge in [-0.2, -0.15) is 0 Å². The molecule has 10 nitrogen and oxygen atoms in total. The van der Waals surface area contributed by atoms with E-state index in [1.807, 2.05) is 18.2 Å². The molecule has 2 heterocycles. The van der Waals surface area contributed by atoms with Crippen molar-refractivity contribution in [3.8, 4) is 0 Å². The van der Waals surface area contributed by atoms with E-state index < -0.39 is 22.4 Å². The van der Waals surface area contributed by atoms with Crippen LogP contribution in [0, 0.1) is 10.1 Å². The molecule has 33 heavy (non-hydrogen) atoms. The molecule has 2 aromatic carbocycles. The Morgan fingerprint density at radius 2 is 1.67 bits per heavy atom. The van der Waals surface area contributed by atoms with Gasteiger partial charge in [0.15, 0.2) is 0 Å². The number of urea groups is 1. The van der Waals surface area contributed by atoms with Crippen molar-refractivity contribution in [2.75, 3.05) is 32.7 Å². The Morgan fingerprint density at radius 3 is 2.27 bits per heavy atom. The third-order valence-corrected chi connectivity index (χ3v) is 6.20. The maximum Gasteiger partial charge on any atom is 0.325 e. The second kappa shape index (κ2) is 8.99. The van der Waals surface area contributed by atoms with E-state index >= 15 is 0 Å². The van der Waals surface area contributed by atoms with Crippen molar-refractivity contribution in [2.24, 2.45) is 0 Å². The van der Waals surface area contributed by atoms with Gasteiger partial charge in [-0.25, -0.2) is 4.79 Å². The highest BCUT2D eigenvalue weighted by Gasteiger charge is 2.49. The van der Waals surface area contributed by atoms with E-state index in [0.717, 1.165) is 11.4 Å². The Kier molecular flexibility index (Phi) is 6.10. The summed E-state index contributed by atoms with van der Waals surface area (Å²) < 4.78 is 0. The van der Waals surface area contributed by atoms with Crippen molar-refractivity contribution >= 4 is 23.5 Å². The molecule has 2 aliphatic rings. The minimum Gasteiger partial charge on any atom is -0.339 e. The molecule has 1 N–H and O–H groups in total. The van der Waals surface area contributed by atoms with Crippen LogP contribution in [0.15, 0.2) is 54.6 Å². The van der Waals surface area contributed by atoms with Gasteiger partial charge in [0.2, 0.25) is 5.91 Å². The van der Waals surface area contributed by atoms with Crippen LogP contribution in [0.3, 0.4) is 0 Å². The third kappa shape index (κ3) is 4.56. The van der Waals surface area contributed by atoms with Crippen LogP contribution in [0.25, 0.3) is 0 Å². The van der Waals surface area contributed by atoms with Gasteiger partial charge < -0.3 is 10.2 Å². The fourth-order valence-corrected chi connectivity index (χ4v) is 4.18. The molecule has 1 atom stereocenters. The molecule has 10 heteroatoms. The first-order chi connectivity index (χ1) is 15.8. The lowest BCUT2D eigenvalue weighted by atomic mass is 9.92. The second-order valence-corrected chi connectivity index (χ2v) is 8.39. The van der Waals surface area contributed by atoms with Gasteiger partial charge in [0.05, 0.1) is 4.92 Å². The first kappa shape index (κ1) is 22.4. The highest BCUT2D eigenvalue weighted by molar-refractivity contribution is 6.09. The Bertz CT molecular complexity index is 1070. The Labute approximate surface area is 190 Å². The van der Waals surface area contributed by atoms with Crippen LogP contribution >= 0.6 is 0 Å². The van der Waals surface area contributed by atoms with E-state index in [9.17, 15) is 24.5 Å². The van der Waals surface area contributed by atoms with Gasteiger partial charge in [0.1, 0.15) is 12.1 Å². The minimum atomic E-state index is -1.39. The number of hydrogen-bond acceptors (Lipinski definition) is 6. The average Bonchev–Trinajstić information content (AvgIpc) is 3.04. The standard InChI is InChI=1S/C23H25N5O5/c1-23(18-7-9-19(10-8-18)28(32)33)21(30)27(22(31)24-23)16-20(29)26-13-11-25(12-14-26)15-17-5-3-2-4-6-17/h2-10H,11-16H2,1H3,(H,24,31). The zero-order valence-corrected chi connectivity index (χ0v) is 18.3. The van der Waals surface area contributed by atoms with E-state index in [-0.39, 0.29) is 18.1 Å². The van der Waals surface area contributed by atoms with E-state index in [1.165, 1.54) is 36.8 Å². The summed E-state index contributed by atoms with van der Waals surface area (Å²) in [7, 11) is 0. The van der Waals surface area contributed by atoms with Crippen LogP contribution < -0.4 is 5.32 Å². The number of imide groups is 1. The number of benzene rings is 2. The molecule has 0 aliphatic carbocycles. The van der Waals surface area contributed by atoms with Gasteiger partial charge >= 0.3 is 6.03 Å². The lowest BCUT2D eigenvalue weighted by Gasteiger charge is -2.35. The smallest absolute Gasteiger partial charge is 0.325 e. The number of rotatable bonds is 6.